The van der Waals surface area contributed by atoms with Gasteiger partial charge in [-0.3, -0.25) is 9.59 Å². The van der Waals surface area contributed by atoms with Crippen molar-refractivity contribution in [2.75, 3.05) is 0 Å². The number of rotatable bonds is 6. The summed E-state index contributed by atoms with van der Waals surface area (Å²) in [5.41, 5.74) is 3.20. The van der Waals surface area contributed by atoms with Gasteiger partial charge in [0.25, 0.3) is 5.91 Å². The van der Waals surface area contributed by atoms with Crippen molar-refractivity contribution in [1.29, 1.82) is 0 Å². The lowest BCUT2D eigenvalue weighted by atomic mass is 9.83. The molecule has 0 bridgehead atoms. The molecule has 0 spiro atoms. The molecule has 2 aromatic rings. The number of carbonyl (C=O) groups is 2. The van der Waals surface area contributed by atoms with Crippen molar-refractivity contribution < 1.29 is 14.7 Å². The maximum absolute atomic E-state index is 12.7. The Balaban J connectivity index is 1.34. The van der Waals surface area contributed by atoms with Crippen molar-refractivity contribution in [1.82, 2.24) is 20.2 Å². The topological polar surface area (TPSA) is 96.2 Å². The SMILES string of the molecule is O=C(N[C@@H]1C[C@@H](C(=O)NCc2cscn2)CC[C@H]1O)c1cccn1C1CC1. The number of hydrogen-bond acceptors (Lipinski definition) is 5. The second-order valence-electron chi connectivity index (χ2n) is 7.39. The van der Waals surface area contributed by atoms with Crippen LogP contribution < -0.4 is 10.6 Å². The third kappa shape index (κ3) is 4.22. The van der Waals surface area contributed by atoms with Crippen molar-refractivity contribution >= 4 is 23.2 Å². The van der Waals surface area contributed by atoms with E-state index in [0.29, 0.717) is 37.5 Å². The number of hydrogen-bond donors (Lipinski definition) is 3. The predicted molar refractivity (Wildman–Crippen MR) is 101 cm³/mol. The van der Waals surface area contributed by atoms with Crippen LogP contribution in [0, 0.1) is 5.92 Å². The number of aromatic nitrogens is 2. The van der Waals surface area contributed by atoms with Gasteiger partial charge in [-0.25, -0.2) is 4.98 Å². The van der Waals surface area contributed by atoms with Crippen molar-refractivity contribution in [2.24, 2.45) is 5.92 Å². The molecule has 0 saturated heterocycles. The lowest BCUT2D eigenvalue weighted by Gasteiger charge is -2.33. The standard InChI is InChI=1S/C19H24N4O3S/c24-17-6-3-12(18(25)20-9-13-10-27-11-21-13)8-15(17)22-19(26)16-2-1-7-23(16)14-4-5-14/h1-2,7,10-12,14-15,17,24H,3-6,8-9H2,(H,20,25)(H,22,26)/t12-,15+,17+/m0/s1. The summed E-state index contributed by atoms with van der Waals surface area (Å²) in [5, 5.41) is 18.1. The zero-order chi connectivity index (χ0) is 18.8. The maximum atomic E-state index is 12.7. The van der Waals surface area contributed by atoms with E-state index in [4.69, 9.17) is 0 Å². The maximum Gasteiger partial charge on any atom is 0.268 e. The van der Waals surface area contributed by atoms with Crippen LogP contribution in [0.2, 0.25) is 0 Å². The summed E-state index contributed by atoms with van der Waals surface area (Å²) in [6, 6.07) is 3.69. The van der Waals surface area contributed by atoms with E-state index in [9.17, 15) is 14.7 Å². The molecule has 2 aliphatic rings. The molecule has 7 nitrogen and oxygen atoms in total. The minimum Gasteiger partial charge on any atom is -0.391 e. The van der Waals surface area contributed by atoms with Crippen LogP contribution in [-0.2, 0) is 11.3 Å². The van der Waals surface area contributed by atoms with Crippen molar-refractivity contribution in [3.8, 4) is 0 Å². The summed E-state index contributed by atoms with van der Waals surface area (Å²) in [6.45, 7) is 0.410. The highest BCUT2D eigenvalue weighted by Crippen LogP contribution is 2.36. The Bertz CT molecular complexity index is 800. The molecule has 2 amide bonds. The first-order valence-electron chi connectivity index (χ1n) is 9.42. The van der Waals surface area contributed by atoms with Gasteiger partial charge in [-0.05, 0) is 44.2 Å². The van der Waals surface area contributed by atoms with Gasteiger partial charge < -0.3 is 20.3 Å². The Morgan fingerprint density at radius 1 is 1.30 bits per heavy atom. The fourth-order valence-electron chi connectivity index (χ4n) is 3.69. The Hall–Kier alpha value is -2.19. The fraction of sp³-hybridized carbons (Fsp3) is 0.526. The Labute approximate surface area is 161 Å². The molecule has 0 aromatic carbocycles. The highest BCUT2D eigenvalue weighted by atomic mass is 32.1. The van der Waals surface area contributed by atoms with Crippen LogP contribution in [0.25, 0.3) is 0 Å². The van der Waals surface area contributed by atoms with Gasteiger partial charge in [-0.15, -0.1) is 11.3 Å². The monoisotopic (exact) mass is 388 g/mol. The van der Waals surface area contributed by atoms with Crippen LogP contribution in [0.3, 0.4) is 0 Å². The first kappa shape index (κ1) is 18.2. The number of amides is 2. The number of aliphatic hydroxyl groups excluding tert-OH is 1. The smallest absolute Gasteiger partial charge is 0.268 e. The molecule has 2 fully saturated rings. The van der Waals surface area contributed by atoms with Gasteiger partial charge in [0.05, 0.1) is 29.9 Å². The molecule has 2 saturated carbocycles. The minimum atomic E-state index is -0.624. The average molecular weight is 388 g/mol. The normalized spacial score (nSPS) is 25.1. The molecule has 3 atom stereocenters. The van der Waals surface area contributed by atoms with Crippen LogP contribution in [0.15, 0.2) is 29.2 Å². The number of thiazole rings is 1. The van der Waals surface area contributed by atoms with Crippen LogP contribution in [0.5, 0.6) is 0 Å². The third-order valence-corrected chi connectivity index (χ3v) is 6.02. The Kier molecular flexibility index (Phi) is 5.27. The van der Waals surface area contributed by atoms with Crippen LogP contribution in [0.4, 0.5) is 0 Å². The number of nitrogens with zero attached hydrogens (tertiary/aromatic N) is 2. The van der Waals surface area contributed by atoms with E-state index in [0.717, 1.165) is 18.5 Å². The zero-order valence-corrected chi connectivity index (χ0v) is 15.8. The van der Waals surface area contributed by atoms with Crippen molar-refractivity contribution in [2.45, 2.75) is 56.8 Å². The van der Waals surface area contributed by atoms with E-state index in [1.165, 1.54) is 11.3 Å². The van der Waals surface area contributed by atoms with Gasteiger partial charge in [0.1, 0.15) is 5.69 Å². The van der Waals surface area contributed by atoms with Crippen molar-refractivity contribution in [3.05, 3.63) is 40.6 Å². The summed E-state index contributed by atoms with van der Waals surface area (Å²) in [7, 11) is 0. The molecule has 2 aromatic heterocycles. The van der Waals surface area contributed by atoms with E-state index >= 15 is 0 Å². The van der Waals surface area contributed by atoms with E-state index < -0.39 is 12.1 Å². The number of aliphatic hydroxyl groups is 1. The largest absolute Gasteiger partial charge is 0.391 e. The number of carbonyl (C=O) groups excluding carboxylic acids is 2. The van der Waals surface area contributed by atoms with Crippen molar-refractivity contribution in [3.63, 3.8) is 0 Å². The first-order valence-corrected chi connectivity index (χ1v) is 10.4. The molecular weight excluding hydrogens is 364 g/mol. The average Bonchev–Trinajstić information content (AvgIpc) is 3.17. The molecule has 8 heteroatoms. The van der Waals surface area contributed by atoms with Gasteiger partial charge in [0, 0.05) is 23.5 Å². The molecule has 27 heavy (non-hydrogen) atoms. The Morgan fingerprint density at radius 2 is 2.15 bits per heavy atom. The minimum absolute atomic E-state index is 0.0458. The summed E-state index contributed by atoms with van der Waals surface area (Å²) < 4.78 is 2.00. The molecule has 3 N–H and O–H groups in total. The summed E-state index contributed by atoms with van der Waals surface area (Å²) >= 11 is 1.50. The van der Waals surface area contributed by atoms with E-state index in [2.05, 4.69) is 15.6 Å². The predicted octanol–water partition coefficient (Wildman–Crippen LogP) is 1.86. The van der Waals surface area contributed by atoms with E-state index in [1.807, 2.05) is 22.2 Å². The van der Waals surface area contributed by atoms with Gasteiger partial charge in [0.2, 0.25) is 5.91 Å². The van der Waals surface area contributed by atoms with E-state index in [-0.39, 0.29) is 17.7 Å². The fourth-order valence-corrected chi connectivity index (χ4v) is 4.25. The molecule has 4 rings (SSSR count). The molecule has 0 aliphatic heterocycles. The Morgan fingerprint density at radius 3 is 2.89 bits per heavy atom. The summed E-state index contributed by atoms with van der Waals surface area (Å²) in [6.07, 6.45) is 5.07. The molecule has 2 aliphatic carbocycles. The molecule has 0 unspecified atom stereocenters. The molecular formula is C19H24N4O3S. The lowest BCUT2D eigenvalue weighted by molar-refractivity contribution is -0.127. The number of nitrogens with one attached hydrogen (secondary N) is 2. The second-order valence-corrected chi connectivity index (χ2v) is 8.11. The second kappa shape index (κ2) is 7.82. The van der Waals surface area contributed by atoms with Crippen LogP contribution in [-0.4, -0.2) is 38.6 Å². The molecule has 0 radical (unpaired) electrons. The van der Waals surface area contributed by atoms with Gasteiger partial charge in [-0.1, -0.05) is 0 Å². The van der Waals surface area contributed by atoms with E-state index in [1.54, 1.807) is 11.6 Å². The van der Waals surface area contributed by atoms with Gasteiger partial charge >= 0.3 is 0 Å². The quantitative estimate of drug-likeness (QED) is 0.704. The highest BCUT2D eigenvalue weighted by molar-refractivity contribution is 7.07. The first-order chi connectivity index (χ1) is 13.1. The summed E-state index contributed by atoms with van der Waals surface area (Å²) in [5.74, 6) is -0.442. The molecule has 2 heterocycles. The van der Waals surface area contributed by atoms with Crippen LogP contribution >= 0.6 is 11.3 Å². The summed E-state index contributed by atoms with van der Waals surface area (Å²) in [4.78, 5) is 29.3. The lowest BCUT2D eigenvalue weighted by Crippen LogP contribution is -2.49. The van der Waals surface area contributed by atoms with Crippen LogP contribution in [0.1, 0.15) is 54.3 Å². The third-order valence-electron chi connectivity index (χ3n) is 5.38. The zero-order valence-electron chi connectivity index (χ0n) is 15.0. The van der Waals surface area contributed by atoms with Gasteiger partial charge in [-0.2, -0.15) is 0 Å². The van der Waals surface area contributed by atoms with Gasteiger partial charge in [0.15, 0.2) is 0 Å². The highest BCUT2D eigenvalue weighted by Gasteiger charge is 2.35. The molecule has 144 valence electrons.